The number of aliphatic hydroxyl groups excluding tert-OH is 1. The molecule has 1 saturated carbocycles. The van der Waals surface area contributed by atoms with Gasteiger partial charge in [-0.2, -0.15) is 0 Å². The molecule has 1 aliphatic carbocycles. The van der Waals surface area contributed by atoms with Crippen molar-refractivity contribution < 1.29 is 5.11 Å². The second kappa shape index (κ2) is 5.01. The summed E-state index contributed by atoms with van der Waals surface area (Å²) in [5, 5.41) is 10.1. The van der Waals surface area contributed by atoms with Gasteiger partial charge in [-0.3, -0.25) is 0 Å². The molecular formula is C12H17NOS. The third-order valence-corrected chi connectivity index (χ3v) is 4.22. The molecule has 0 amide bonds. The minimum absolute atomic E-state index is 0.128. The summed E-state index contributed by atoms with van der Waals surface area (Å²) in [6, 6.07) is 8.28. The highest BCUT2D eigenvalue weighted by Crippen LogP contribution is 2.35. The van der Waals surface area contributed by atoms with Crippen molar-refractivity contribution in [3.05, 3.63) is 29.8 Å². The molecule has 1 aliphatic rings. The first-order chi connectivity index (χ1) is 7.29. The highest BCUT2D eigenvalue weighted by Gasteiger charge is 2.25. The highest BCUT2D eigenvalue weighted by atomic mass is 32.2. The van der Waals surface area contributed by atoms with E-state index in [4.69, 9.17) is 5.73 Å². The molecule has 3 N–H and O–H groups in total. The van der Waals surface area contributed by atoms with Crippen molar-refractivity contribution in [2.75, 3.05) is 0 Å². The van der Waals surface area contributed by atoms with Gasteiger partial charge in [0, 0.05) is 16.7 Å². The smallest absolute Gasteiger partial charge is 0.0662 e. The maximum absolute atomic E-state index is 9.73. The zero-order chi connectivity index (χ0) is 10.7. The first-order valence-electron chi connectivity index (χ1n) is 5.43. The van der Waals surface area contributed by atoms with Crippen LogP contribution in [0.4, 0.5) is 0 Å². The lowest BCUT2D eigenvalue weighted by atomic mass is 10.2. The zero-order valence-electron chi connectivity index (χ0n) is 8.73. The van der Waals surface area contributed by atoms with Gasteiger partial charge in [-0.1, -0.05) is 12.1 Å². The number of thioether (sulfide) groups is 1. The summed E-state index contributed by atoms with van der Waals surface area (Å²) < 4.78 is 0. The first kappa shape index (κ1) is 11.0. The topological polar surface area (TPSA) is 46.2 Å². The van der Waals surface area contributed by atoms with Crippen molar-refractivity contribution in [2.45, 2.75) is 42.1 Å². The molecule has 1 aromatic rings. The summed E-state index contributed by atoms with van der Waals surface area (Å²) in [7, 11) is 0. The molecule has 3 heteroatoms. The number of rotatable bonds is 3. The zero-order valence-corrected chi connectivity index (χ0v) is 9.54. The molecule has 0 radical (unpaired) electrons. The Hall–Kier alpha value is -0.510. The molecule has 0 bridgehead atoms. The van der Waals surface area contributed by atoms with Crippen LogP contribution >= 0.6 is 11.8 Å². The van der Waals surface area contributed by atoms with E-state index in [0.29, 0.717) is 11.8 Å². The van der Waals surface area contributed by atoms with E-state index in [1.54, 1.807) is 11.8 Å². The molecule has 2 unspecified atom stereocenters. The summed E-state index contributed by atoms with van der Waals surface area (Å²) >= 11 is 1.78. The molecule has 0 aliphatic heterocycles. The van der Waals surface area contributed by atoms with Crippen LogP contribution in [0.5, 0.6) is 0 Å². The molecule has 0 saturated heterocycles. The highest BCUT2D eigenvalue weighted by molar-refractivity contribution is 8.00. The predicted octanol–water partition coefficient (Wildman–Crippen LogP) is 2.15. The standard InChI is InChI=1S/C12H17NOS/c13-8-9-3-1-4-10(7-9)15-12-6-2-5-11(12)14/h1,3-4,7,11-12,14H,2,5-6,8,13H2. The molecule has 1 fully saturated rings. The number of aliphatic hydroxyl groups is 1. The van der Waals surface area contributed by atoms with Gasteiger partial charge in [0.25, 0.3) is 0 Å². The first-order valence-corrected chi connectivity index (χ1v) is 6.31. The van der Waals surface area contributed by atoms with Gasteiger partial charge in [0.05, 0.1) is 6.10 Å². The normalized spacial score (nSPS) is 25.7. The summed E-state index contributed by atoms with van der Waals surface area (Å²) in [6.45, 7) is 0.585. The van der Waals surface area contributed by atoms with Gasteiger partial charge in [-0.25, -0.2) is 0 Å². The van der Waals surface area contributed by atoms with E-state index in [1.807, 2.05) is 12.1 Å². The van der Waals surface area contributed by atoms with E-state index < -0.39 is 0 Å². The van der Waals surface area contributed by atoms with Crippen LogP contribution in [0.1, 0.15) is 24.8 Å². The Bertz CT molecular complexity index is 329. The molecular weight excluding hydrogens is 206 g/mol. The van der Waals surface area contributed by atoms with Crippen LogP contribution < -0.4 is 5.73 Å². The Labute approximate surface area is 94.9 Å². The van der Waals surface area contributed by atoms with Crippen LogP contribution in [0.25, 0.3) is 0 Å². The Morgan fingerprint density at radius 2 is 2.27 bits per heavy atom. The number of hydrogen-bond acceptors (Lipinski definition) is 3. The molecule has 0 aromatic heterocycles. The van der Waals surface area contributed by atoms with Crippen LogP contribution in [0, 0.1) is 0 Å². The van der Waals surface area contributed by atoms with Crippen molar-refractivity contribution in [1.82, 2.24) is 0 Å². The maximum atomic E-state index is 9.73. The monoisotopic (exact) mass is 223 g/mol. The predicted molar refractivity (Wildman–Crippen MR) is 63.8 cm³/mol. The fourth-order valence-corrected chi connectivity index (χ4v) is 3.27. The molecule has 2 nitrogen and oxygen atoms in total. The van der Waals surface area contributed by atoms with Gasteiger partial charge in [0.15, 0.2) is 0 Å². The van der Waals surface area contributed by atoms with Crippen LogP contribution in [0.3, 0.4) is 0 Å². The van der Waals surface area contributed by atoms with Gasteiger partial charge < -0.3 is 10.8 Å². The fraction of sp³-hybridized carbons (Fsp3) is 0.500. The van der Waals surface area contributed by atoms with Gasteiger partial charge in [0.1, 0.15) is 0 Å². The van der Waals surface area contributed by atoms with Gasteiger partial charge in [-0.15, -0.1) is 11.8 Å². The maximum Gasteiger partial charge on any atom is 0.0662 e. The molecule has 0 heterocycles. The second-order valence-electron chi connectivity index (χ2n) is 4.01. The number of hydrogen-bond donors (Lipinski definition) is 2. The van der Waals surface area contributed by atoms with E-state index in [1.165, 1.54) is 4.90 Å². The summed E-state index contributed by atoms with van der Waals surface area (Å²) in [5.74, 6) is 0. The molecule has 0 spiro atoms. The summed E-state index contributed by atoms with van der Waals surface area (Å²) in [4.78, 5) is 1.23. The van der Waals surface area contributed by atoms with E-state index in [0.717, 1.165) is 24.8 Å². The Morgan fingerprint density at radius 1 is 1.40 bits per heavy atom. The van der Waals surface area contributed by atoms with E-state index in [2.05, 4.69) is 12.1 Å². The average molecular weight is 223 g/mol. The third kappa shape index (κ3) is 2.74. The summed E-state index contributed by atoms with van der Waals surface area (Å²) in [6.07, 6.45) is 3.10. The minimum Gasteiger partial charge on any atom is -0.392 e. The SMILES string of the molecule is NCc1cccc(SC2CCCC2O)c1. The van der Waals surface area contributed by atoms with Crippen molar-refractivity contribution in [1.29, 1.82) is 0 Å². The van der Waals surface area contributed by atoms with Gasteiger partial charge in [-0.05, 0) is 37.0 Å². The van der Waals surface area contributed by atoms with Crippen molar-refractivity contribution >= 4 is 11.8 Å². The van der Waals surface area contributed by atoms with Crippen molar-refractivity contribution in [2.24, 2.45) is 5.73 Å². The lowest BCUT2D eigenvalue weighted by Crippen LogP contribution is -2.14. The molecule has 2 atom stereocenters. The third-order valence-electron chi connectivity index (χ3n) is 2.84. The average Bonchev–Trinajstić information content (AvgIpc) is 2.65. The Kier molecular flexibility index (Phi) is 3.67. The largest absolute Gasteiger partial charge is 0.392 e. The summed E-state index contributed by atoms with van der Waals surface area (Å²) in [5.41, 5.74) is 6.76. The van der Waals surface area contributed by atoms with Gasteiger partial charge in [0.2, 0.25) is 0 Å². The van der Waals surface area contributed by atoms with Crippen LogP contribution in [0.15, 0.2) is 29.2 Å². The minimum atomic E-state index is -0.128. The van der Waals surface area contributed by atoms with Crippen LogP contribution in [-0.2, 0) is 6.54 Å². The molecule has 2 rings (SSSR count). The molecule has 15 heavy (non-hydrogen) atoms. The van der Waals surface area contributed by atoms with E-state index in [9.17, 15) is 5.11 Å². The molecule has 82 valence electrons. The quantitative estimate of drug-likeness (QED) is 0.825. The number of benzene rings is 1. The Balaban J connectivity index is 2.03. The van der Waals surface area contributed by atoms with E-state index >= 15 is 0 Å². The lowest BCUT2D eigenvalue weighted by Gasteiger charge is -2.14. The second-order valence-corrected chi connectivity index (χ2v) is 5.32. The van der Waals surface area contributed by atoms with Gasteiger partial charge >= 0.3 is 0 Å². The lowest BCUT2D eigenvalue weighted by molar-refractivity contribution is 0.188. The van der Waals surface area contributed by atoms with Crippen LogP contribution in [-0.4, -0.2) is 16.5 Å². The van der Waals surface area contributed by atoms with Crippen LogP contribution in [0.2, 0.25) is 0 Å². The van der Waals surface area contributed by atoms with Crippen molar-refractivity contribution in [3.8, 4) is 0 Å². The Morgan fingerprint density at radius 3 is 2.93 bits per heavy atom. The fourth-order valence-electron chi connectivity index (χ4n) is 1.96. The van der Waals surface area contributed by atoms with E-state index in [-0.39, 0.29) is 6.10 Å². The number of nitrogens with two attached hydrogens (primary N) is 1. The van der Waals surface area contributed by atoms with Crippen molar-refractivity contribution in [3.63, 3.8) is 0 Å². The molecule has 1 aromatic carbocycles.